The third-order valence-corrected chi connectivity index (χ3v) is 6.41. The maximum atomic E-state index is 12.5. The monoisotopic (exact) mass is 462 g/mol. The molecule has 0 bridgehead atoms. The maximum Gasteiger partial charge on any atom is 0.350 e. The molecule has 4 heteroatoms. The van der Waals surface area contributed by atoms with E-state index in [2.05, 4.69) is 32.9 Å². The Balaban J connectivity index is 2.01. The Morgan fingerprint density at radius 3 is 2.41 bits per heavy atom. The Morgan fingerprint density at radius 2 is 1.79 bits per heavy atom. The zero-order valence-corrected chi connectivity index (χ0v) is 21.4. The second-order valence-corrected chi connectivity index (χ2v) is 9.71. The van der Waals surface area contributed by atoms with Crippen LogP contribution in [0.4, 0.5) is 0 Å². The lowest BCUT2D eigenvalue weighted by atomic mass is 9.72. The van der Waals surface area contributed by atoms with Crippen molar-refractivity contribution in [3.8, 4) is 0 Å². The molecule has 0 aliphatic heterocycles. The highest BCUT2D eigenvalue weighted by Crippen LogP contribution is 2.40. The van der Waals surface area contributed by atoms with Crippen LogP contribution in [0, 0.1) is 5.41 Å². The minimum atomic E-state index is -1.86. The number of benzene rings is 1. The van der Waals surface area contributed by atoms with Crippen LogP contribution < -0.4 is 0 Å². The number of aliphatic hydroxyl groups is 1. The van der Waals surface area contributed by atoms with E-state index in [1.807, 2.05) is 19.1 Å². The molecule has 0 fully saturated rings. The van der Waals surface area contributed by atoms with Gasteiger partial charge in [-0.25, -0.2) is 9.59 Å². The van der Waals surface area contributed by atoms with Gasteiger partial charge in [-0.05, 0) is 68.6 Å². The maximum absolute atomic E-state index is 12.5. The van der Waals surface area contributed by atoms with E-state index in [9.17, 15) is 14.7 Å². The number of carbonyl (C=O) groups is 2. The molecule has 0 spiro atoms. The van der Waals surface area contributed by atoms with Gasteiger partial charge < -0.3 is 9.84 Å². The van der Waals surface area contributed by atoms with Crippen LogP contribution in [-0.2, 0) is 19.9 Å². The SMILES string of the molecule is CCC(O)(C(=O)OC(=O)C=C(C)C=CC=C(C)C=CC1=C(C)CCCC1(C)C)c1ccccc1. The van der Waals surface area contributed by atoms with Crippen LogP contribution in [0.3, 0.4) is 0 Å². The number of hydrogen-bond donors (Lipinski definition) is 1. The molecule has 0 saturated heterocycles. The van der Waals surface area contributed by atoms with Gasteiger partial charge in [0.15, 0.2) is 5.60 Å². The fourth-order valence-electron chi connectivity index (χ4n) is 4.25. The van der Waals surface area contributed by atoms with Gasteiger partial charge in [0, 0.05) is 6.08 Å². The van der Waals surface area contributed by atoms with Gasteiger partial charge in [-0.2, -0.15) is 0 Å². The molecule has 1 unspecified atom stereocenters. The summed E-state index contributed by atoms with van der Waals surface area (Å²) in [6.07, 6.45) is 14.9. The van der Waals surface area contributed by atoms with Crippen LogP contribution in [0.25, 0.3) is 0 Å². The summed E-state index contributed by atoms with van der Waals surface area (Å²) in [6, 6.07) is 8.50. The van der Waals surface area contributed by atoms with Gasteiger partial charge in [0.25, 0.3) is 0 Å². The van der Waals surface area contributed by atoms with Gasteiger partial charge >= 0.3 is 11.9 Å². The van der Waals surface area contributed by atoms with E-state index in [4.69, 9.17) is 4.74 Å². The van der Waals surface area contributed by atoms with Gasteiger partial charge in [-0.15, -0.1) is 0 Å². The first-order valence-electron chi connectivity index (χ1n) is 12.0. The molecule has 1 aromatic carbocycles. The summed E-state index contributed by atoms with van der Waals surface area (Å²) in [4.78, 5) is 24.7. The summed E-state index contributed by atoms with van der Waals surface area (Å²) >= 11 is 0. The molecule has 1 aromatic rings. The van der Waals surface area contributed by atoms with Gasteiger partial charge in [0.05, 0.1) is 0 Å². The molecule has 0 saturated carbocycles. The summed E-state index contributed by atoms with van der Waals surface area (Å²) in [6.45, 7) is 12.3. The Labute approximate surface area is 204 Å². The highest BCUT2D eigenvalue weighted by Gasteiger charge is 2.38. The van der Waals surface area contributed by atoms with Crippen molar-refractivity contribution in [3.05, 3.63) is 94.6 Å². The van der Waals surface area contributed by atoms with Gasteiger partial charge in [0.1, 0.15) is 0 Å². The lowest BCUT2D eigenvalue weighted by Gasteiger charge is -2.32. The normalized spacial score (nSPS) is 18.9. The number of carbonyl (C=O) groups excluding carboxylic acids is 2. The molecule has 4 nitrogen and oxygen atoms in total. The molecule has 1 atom stereocenters. The quantitative estimate of drug-likeness (QED) is 0.198. The van der Waals surface area contributed by atoms with Crippen molar-refractivity contribution >= 4 is 11.9 Å². The molecular formula is C30H38O4. The second kappa shape index (κ2) is 11.9. The minimum absolute atomic E-state index is 0.0942. The number of hydrogen-bond acceptors (Lipinski definition) is 4. The van der Waals surface area contributed by atoms with E-state index in [0.717, 1.165) is 12.0 Å². The first-order chi connectivity index (χ1) is 16.0. The van der Waals surface area contributed by atoms with Crippen molar-refractivity contribution in [2.75, 3.05) is 0 Å². The van der Waals surface area contributed by atoms with E-state index in [1.165, 1.54) is 30.1 Å². The highest BCUT2D eigenvalue weighted by atomic mass is 16.6. The van der Waals surface area contributed by atoms with E-state index >= 15 is 0 Å². The number of rotatable bonds is 8. The van der Waals surface area contributed by atoms with E-state index in [0.29, 0.717) is 11.1 Å². The van der Waals surface area contributed by atoms with Crippen LogP contribution in [0.15, 0.2) is 89.1 Å². The predicted molar refractivity (Wildman–Crippen MR) is 138 cm³/mol. The van der Waals surface area contributed by atoms with E-state index < -0.39 is 17.5 Å². The van der Waals surface area contributed by atoms with Crippen LogP contribution in [0.1, 0.15) is 72.8 Å². The summed E-state index contributed by atoms with van der Waals surface area (Å²) in [5, 5.41) is 10.8. The van der Waals surface area contributed by atoms with E-state index in [1.54, 1.807) is 50.3 Å². The number of allylic oxidation sites excluding steroid dienone is 9. The van der Waals surface area contributed by atoms with Crippen LogP contribution in [0.2, 0.25) is 0 Å². The Hall–Kier alpha value is -2.98. The van der Waals surface area contributed by atoms with Crippen molar-refractivity contribution in [3.63, 3.8) is 0 Å². The summed E-state index contributed by atoms with van der Waals surface area (Å²) in [5.74, 6) is -1.78. The lowest BCUT2D eigenvalue weighted by molar-refractivity contribution is -0.173. The minimum Gasteiger partial charge on any atom is -0.387 e. The molecule has 1 aliphatic rings. The zero-order valence-electron chi connectivity index (χ0n) is 21.4. The molecule has 1 N–H and O–H groups in total. The Bertz CT molecular complexity index is 1030. The smallest absolute Gasteiger partial charge is 0.350 e. The third-order valence-electron chi connectivity index (χ3n) is 6.41. The van der Waals surface area contributed by atoms with Crippen LogP contribution in [-0.4, -0.2) is 17.0 Å². The van der Waals surface area contributed by atoms with Gasteiger partial charge in [0.2, 0.25) is 0 Å². The fourth-order valence-corrected chi connectivity index (χ4v) is 4.25. The molecule has 0 heterocycles. The molecule has 0 amide bonds. The third kappa shape index (κ3) is 7.26. The van der Waals surface area contributed by atoms with E-state index in [-0.39, 0.29) is 11.8 Å². The molecular weight excluding hydrogens is 424 g/mol. The first-order valence-corrected chi connectivity index (χ1v) is 12.0. The predicted octanol–water partition coefficient (Wildman–Crippen LogP) is 6.89. The first kappa shape index (κ1) is 27.3. The molecule has 182 valence electrons. The molecule has 0 aromatic heterocycles. The Kier molecular flexibility index (Phi) is 9.57. The summed E-state index contributed by atoms with van der Waals surface area (Å²) in [7, 11) is 0. The zero-order chi connectivity index (χ0) is 25.4. The molecule has 1 aliphatic carbocycles. The standard InChI is InChI=1S/C30H38O4/c1-7-30(33,25-16-9-8-10-17-25)28(32)34-27(31)21-23(3)14-11-13-22(2)18-19-26-24(4)15-12-20-29(26,5)6/h8-11,13-14,16-19,21,33H,7,12,15,20H2,1-6H3. The molecule has 0 radical (unpaired) electrons. The fraction of sp³-hybridized carbons (Fsp3) is 0.400. The summed E-state index contributed by atoms with van der Waals surface area (Å²) in [5.41, 5.74) is 3.35. The van der Waals surface area contributed by atoms with Crippen molar-refractivity contribution in [2.45, 2.75) is 72.8 Å². The number of esters is 2. The largest absolute Gasteiger partial charge is 0.387 e. The van der Waals surface area contributed by atoms with Crippen LogP contribution >= 0.6 is 0 Å². The highest BCUT2D eigenvalue weighted by molar-refractivity contribution is 5.96. The van der Waals surface area contributed by atoms with Crippen molar-refractivity contribution in [1.82, 2.24) is 0 Å². The van der Waals surface area contributed by atoms with Gasteiger partial charge in [-0.1, -0.05) is 92.6 Å². The average Bonchev–Trinajstić information content (AvgIpc) is 2.78. The average molecular weight is 463 g/mol. The van der Waals surface area contributed by atoms with Crippen LogP contribution in [0.5, 0.6) is 0 Å². The van der Waals surface area contributed by atoms with Crippen molar-refractivity contribution in [2.24, 2.45) is 5.41 Å². The second-order valence-electron chi connectivity index (χ2n) is 9.71. The lowest BCUT2D eigenvalue weighted by Crippen LogP contribution is -2.37. The van der Waals surface area contributed by atoms with Gasteiger partial charge in [-0.3, -0.25) is 0 Å². The topological polar surface area (TPSA) is 63.6 Å². The molecule has 34 heavy (non-hydrogen) atoms. The Morgan fingerprint density at radius 1 is 1.12 bits per heavy atom. The van der Waals surface area contributed by atoms with Crippen molar-refractivity contribution < 1.29 is 19.4 Å². The number of ether oxygens (including phenoxy) is 1. The summed E-state index contributed by atoms with van der Waals surface area (Å²) < 4.78 is 4.92. The van der Waals surface area contributed by atoms with Crippen molar-refractivity contribution in [1.29, 1.82) is 0 Å². The molecule has 2 rings (SSSR count).